The number of halogens is 2. The molecule has 0 radical (unpaired) electrons. The third-order valence-corrected chi connectivity index (χ3v) is 3.84. The highest BCUT2D eigenvalue weighted by Gasteiger charge is 2.09. The minimum atomic E-state index is -1.04. The largest absolute Gasteiger partial charge is 0.326 e. The second-order valence-electron chi connectivity index (χ2n) is 5.64. The van der Waals surface area contributed by atoms with Crippen molar-refractivity contribution in [1.82, 2.24) is 9.55 Å². The number of nitrogens with one attached hydrogen (secondary N) is 1. The van der Waals surface area contributed by atoms with Crippen LogP contribution in [0.3, 0.4) is 0 Å². The molecule has 0 atom stereocenters. The molecular formula is C18H15F2N3O2. The van der Waals surface area contributed by atoms with Gasteiger partial charge in [0.15, 0.2) is 11.6 Å². The van der Waals surface area contributed by atoms with Gasteiger partial charge in [-0.25, -0.2) is 13.8 Å². The van der Waals surface area contributed by atoms with Gasteiger partial charge in [0.05, 0.1) is 17.2 Å². The predicted octanol–water partition coefficient (Wildman–Crippen LogP) is 3.01. The molecule has 2 aromatic carbocycles. The number of rotatable bonds is 4. The minimum Gasteiger partial charge on any atom is -0.326 e. The fourth-order valence-electron chi connectivity index (χ4n) is 2.52. The third-order valence-electron chi connectivity index (χ3n) is 3.84. The molecule has 0 spiro atoms. The first-order chi connectivity index (χ1) is 12.0. The SMILES string of the molecule is Cc1cccc2c(=O)n(CCC(=O)Nc3ccc(F)c(F)c3)cnc12. The number of carbonyl (C=O) groups is 1. The average molecular weight is 343 g/mol. The van der Waals surface area contributed by atoms with Crippen LogP contribution in [-0.4, -0.2) is 15.5 Å². The Morgan fingerprint density at radius 2 is 2.00 bits per heavy atom. The molecule has 0 aliphatic carbocycles. The summed E-state index contributed by atoms with van der Waals surface area (Å²) in [4.78, 5) is 28.6. The molecule has 0 aliphatic heterocycles. The minimum absolute atomic E-state index is 0.00208. The molecule has 5 nitrogen and oxygen atoms in total. The number of aryl methyl sites for hydroxylation is 2. The van der Waals surface area contributed by atoms with E-state index in [0.717, 1.165) is 17.7 Å². The molecule has 1 N–H and O–H groups in total. The van der Waals surface area contributed by atoms with E-state index in [1.807, 2.05) is 13.0 Å². The van der Waals surface area contributed by atoms with Gasteiger partial charge < -0.3 is 5.32 Å². The summed E-state index contributed by atoms with van der Waals surface area (Å²) in [5.41, 5.74) is 1.46. The lowest BCUT2D eigenvalue weighted by atomic mass is 10.1. The first kappa shape index (κ1) is 16.8. The van der Waals surface area contributed by atoms with Crippen LogP contribution in [0.2, 0.25) is 0 Å². The fraction of sp³-hybridized carbons (Fsp3) is 0.167. The molecule has 0 saturated carbocycles. The summed E-state index contributed by atoms with van der Waals surface area (Å²) in [5.74, 6) is -2.44. The Morgan fingerprint density at radius 3 is 2.76 bits per heavy atom. The summed E-state index contributed by atoms with van der Waals surface area (Å²) in [6.07, 6.45) is 1.40. The highest BCUT2D eigenvalue weighted by Crippen LogP contribution is 2.14. The van der Waals surface area contributed by atoms with Crippen molar-refractivity contribution in [3.63, 3.8) is 0 Å². The average Bonchev–Trinajstić information content (AvgIpc) is 2.58. The Bertz CT molecular complexity index is 1010. The highest BCUT2D eigenvalue weighted by molar-refractivity contribution is 5.90. The van der Waals surface area contributed by atoms with Crippen LogP contribution in [0.5, 0.6) is 0 Å². The van der Waals surface area contributed by atoms with Crippen molar-refractivity contribution in [2.75, 3.05) is 5.32 Å². The predicted molar refractivity (Wildman–Crippen MR) is 90.3 cm³/mol. The van der Waals surface area contributed by atoms with Gasteiger partial charge in [0, 0.05) is 24.7 Å². The monoisotopic (exact) mass is 343 g/mol. The van der Waals surface area contributed by atoms with Crippen molar-refractivity contribution in [2.24, 2.45) is 0 Å². The quantitative estimate of drug-likeness (QED) is 0.792. The van der Waals surface area contributed by atoms with Gasteiger partial charge in [-0.3, -0.25) is 14.2 Å². The molecule has 128 valence electrons. The van der Waals surface area contributed by atoms with Crippen molar-refractivity contribution in [1.29, 1.82) is 0 Å². The van der Waals surface area contributed by atoms with Gasteiger partial charge in [0.1, 0.15) is 0 Å². The second kappa shape index (κ2) is 6.80. The standard InChI is InChI=1S/C18H15F2N3O2/c1-11-3-2-4-13-17(11)21-10-23(18(13)25)8-7-16(24)22-12-5-6-14(19)15(20)9-12/h2-6,9-10H,7-8H2,1H3,(H,22,24). The van der Waals surface area contributed by atoms with Crippen LogP contribution in [0.4, 0.5) is 14.5 Å². The Hall–Kier alpha value is -3.09. The van der Waals surface area contributed by atoms with E-state index in [1.54, 1.807) is 12.1 Å². The lowest BCUT2D eigenvalue weighted by molar-refractivity contribution is -0.116. The van der Waals surface area contributed by atoms with E-state index in [2.05, 4.69) is 10.3 Å². The van der Waals surface area contributed by atoms with Crippen molar-refractivity contribution < 1.29 is 13.6 Å². The van der Waals surface area contributed by atoms with E-state index in [-0.39, 0.29) is 24.2 Å². The second-order valence-corrected chi connectivity index (χ2v) is 5.64. The first-order valence-electron chi connectivity index (χ1n) is 7.65. The number of hydrogen-bond acceptors (Lipinski definition) is 3. The van der Waals surface area contributed by atoms with E-state index in [9.17, 15) is 18.4 Å². The summed E-state index contributed by atoms with van der Waals surface area (Å²) in [6, 6.07) is 8.44. The van der Waals surface area contributed by atoms with Crippen molar-refractivity contribution >= 4 is 22.5 Å². The molecule has 0 bridgehead atoms. The van der Waals surface area contributed by atoms with Crippen LogP contribution in [-0.2, 0) is 11.3 Å². The maximum absolute atomic E-state index is 13.1. The Balaban J connectivity index is 1.72. The normalized spacial score (nSPS) is 10.8. The summed E-state index contributed by atoms with van der Waals surface area (Å²) in [5, 5.41) is 2.95. The summed E-state index contributed by atoms with van der Waals surface area (Å²) >= 11 is 0. The van der Waals surface area contributed by atoms with Gasteiger partial charge in [-0.1, -0.05) is 12.1 Å². The molecule has 0 aliphatic rings. The van der Waals surface area contributed by atoms with Gasteiger partial charge in [0.25, 0.3) is 5.56 Å². The zero-order chi connectivity index (χ0) is 18.0. The van der Waals surface area contributed by atoms with Crippen molar-refractivity contribution in [3.05, 3.63) is 70.3 Å². The summed E-state index contributed by atoms with van der Waals surface area (Å²) in [7, 11) is 0. The van der Waals surface area contributed by atoms with Gasteiger partial charge in [-0.05, 0) is 30.7 Å². The Labute approximate surface area is 141 Å². The van der Waals surface area contributed by atoms with Crippen LogP contribution in [0, 0.1) is 18.6 Å². The topological polar surface area (TPSA) is 64.0 Å². The van der Waals surface area contributed by atoms with Crippen LogP contribution >= 0.6 is 0 Å². The number of carbonyl (C=O) groups excluding carboxylic acids is 1. The molecule has 0 unspecified atom stereocenters. The van der Waals surface area contributed by atoms with Crippen LogP contribution < -0.4 is 10.9 Å². The molecule has 0 saturated heterocycles. The van der Waals surface area contributed by atoms with E-state index >= 15 is 0 Å². The number of aromatic nitrogens is 2. The highest BCUT2D eigenvalue weighted by atomic mass is 19.2. The number of nitrogens with zero attached hydrogens (tertiary/aromatic N) is 2. The van der Waals surface area contributed by atoms with Crippen LogP contribution in [0.25, 0.3) is 10.9 Å². The zero-order valence-electron chi connectivity index (χ0n) is 13.4. The maximum Gasteiger partial charge on any atom is 0.261 e. The fourth-order valence-corrected chi connectivity index (χ4v) is 2.52. The first-order valence-corrected chi connectivity index (χ1v) is 7.65. The molecule has 0 fully saturated rings. The van der Waals surface area contributed by atoms with Crippen molar-refractivity contribution in [3.8, 4) is 0 Å². The van der Waals surface area contributed by atoms with E-state index < -0.39 is 17.5 Å². The third kappa shape index (κ3) is 3.55. The van der Waals surface area contributed by atoms with Gasteiger partial charge >= 0.3 is 0 Å². The lowest BCUT2D eigenvalue weighted by Crippen LogP contribution is -2.23. The number of para-hydroxylation sites is 1. The molecule has 1 heterocycles. The summed E-state index contributed by atoms with van der Waals surface area (Å²) < 4.78 is 27.4. The van der Waals surface area contributed by atoms with Gasteiger partial charge in [-0.15, -0.1) is 0 Å². The molecule has 1 amide bonds. The van der Waals surface area contributed by atoms with E-state index in [4.69, 9.17) is 0 Å². The van der Waals surface area contributed by atoms with Crippen LogP contribution in [0.15, 0.2) is 47.5 Å². The molecular weight excluding hydrogens is 328 g/mol. The zero-order valence-corrected chi connectivity index (χ0v) is 13.4. The molecule has 7 heteroatoms. The number of fused-ring (bicyclic) bond motifs is 1. The van der Waals surface area contributed by atoms with Gasteiger partial charge in [-0.2, -0.15) is 0 Å². The van der Waals surface area contributed by atoms with E-state index in [1.165, 1.54) is 17.0 Å². The van der Waals surface area contributed by atoms with Crippen LogP contribution in [0.1, 0.15) is 12.0 Å². The van der Waals surface area contributed by atoms with Crippen molar-refractivity contribution in [2.45, 2.75) is 19.9 Å². The number of benzene rings is 2. The lowest BCUT2D eigenvalue weighted by Gasteiger charge is -2.09. The molecule has 3 rings (SSSR count). The molecule has 1 aromatic heterocycles. The Morgan fingerprint density at radius 1 is 1.20 bits per heavy atom. The number of amides is 1. The van der Waals surface area contributed by atoms with E-state index in [0.29, 0.717) is 10.9 Å². The van der Waals surface area contributed by atoms with Gasteiger partial charge in [0.2, 0.25) is 5.91 Å². The smallest absolute Gasteiger partial charge is 0.261 e. The maximum atomic E-state index is 13.1. The molecule has 3 aromatic rings. The number of hydrogen-bond donors (Lipinski definition) is 1. The Kier molecular flexibility index (Phi) is 4.56. The summed E-state index contributed by atoms with van der Waals surface area (Å²) in [6.45, 7) is 2.00. The number of anilines is 1. The molecule has 25 heavy (non-hydrogen) atoms.